The maximum Gasteiger partial charge on any atom is 0.387 e. The van der Waals surface area contributed by atoms with Crippen molar-refractivity contribution in [3.05, 3.63) is 28.2 Å². The quantitative estimate of drug-likeness (QED) is 0.813. The van der Waals surface area contributed by atoms with Gasteiger partial charge in [-0.1, -0.05) is 15.9 Å². The average molecular weight is 366 g/mol. The number of hydrogen-bond donors (Lipinski definition) is 2. The summed E-state index contributed by atoms with van der Waals surface area (Å²) < 4.78 is 35.3. The normalized spacial score (nSPS) is 25.5. The molecule has 21 heavy (non-hydrogen) atoms. The topological polar surface area (TPSA) is 50.7 Å². The van der Waals surface area contributed by atoms with Gasteiger partial charge in [0.1, 0.15) is 11.4 Å². The van der Waals surface area contributed by atoms with Gasteiger partial charge < -0.3 is 19.9 Å². The van der Waals surface area contributed by atoms with Gasteiger partial charge in [0, 0.05) is 36.2 Å². The Morgan fingerprint density at radius 3 is 2.95 bits per heavy atom. The van der Waals surface area contributed by atoms with Gasteiger partial charge in [-0.15, -0.1) is 0 Å². The molecule has 1 heterocycles. The highest BCUT2D eigenvalue weighted by molar-refractivity contribution is 9.10. The number of ether oxygens (including phenoxy) is 2. The molecular weight excluding hydrogens is 348 g/mol. The van der Waals surface area contributed by atoms with Crippen molar-refractivity contribution in [3.63, 3.8) is 0 Å². The monoisotopic (exact) mass is 365 g/mol. The second kappa shape index (κ2) is 7.00. The van der Waals surface area contributed by atoms with Crippen LogP contribution in [0.25, 0.3) is 0 Å². The first-order valence-corrected chi connectivity index (χ1v) is 7.48. The second-order valence-corrected chi connectivity index (χ2v) is 6.02. The van der Waals surface area contributed by atoms with Crippen LogP contribution in [0.5, 0.6) is 5.75 Å². The van der Waals surface area contributed by atoms with Crippen LogP contribution >= 0.6 is 15.9 Å². The molecule has 1 aromatic rings. The zero-order valence-electron chi connectivity index (χ0n) is 11.6. The molecule has 2 rings (SSSR count). The molecule has 4 nitrogen and oxygen atoms in total. The highest BCUT2D eigenvalue weighted by atomic mass is 79.9. The second-order valence-electron chi connectivity index (χ2n) is 5.10. The third-order valence-electron chi connectivity index (χ3n) is 3.64. The molecule has 1 aliphatic heterocycles. The Hall–Kier alpha value is -0.760. The molecular formula is C14H18BrF2NO3. The average Bonchev–Trinajstić information content (AvgIpc) is 2.72. The lowest BCUT2D eigenvalue weighted by Gasteiger charge is -2.26. The van der Waals surface area contributed by atoms with Crippen LogP contribution in [0, 0.1) is 0 Å². The van der Waals surface area contributed by atoms with Crippen LogP contribution in [-0.2, 0) is 11.3 Å². The van der Waals surface area contributed by atoms with Crippen LogP contribution in [0.15, 0.2) is 22.7 Å². The van der Waals surface area contributed by atoms with E-state index in [9.17, 15) is 13.9 Å². The fourth-order valence-corrected chi connectivity index (χ4v) is 2.72. The van der Waals surface area contributed by atoms with Gasteiger partial charge in [0.2, 0.25) is 0 Å². The SMILES string of the molecule is CC1OCCC1(O)CNCc1cc(Br)ccc1OC(F)F. The molecule has 0 spiro atoms. The van der Waals surface area contributed by atoms with Gasteiger partial charge in [0.15, 0.2) is 0 Å². The summed E-state index contributed by atoms with van der Waals surface area (Å²) in [5.41, 5.74) is -0.324. The number of halogens is 3. The summed E-state index contributed by atoms with van der Waals surface area (Å²) >= 11 is 3.30. The third kappa shape index (κ3) is 4.35. The van der Waals surface area contributed by atoms with Crippen LogP contribution < -0.4 is 10.1 Å². The molecule has 0 radical (unpaired) electrons. The molecule has 118 valence electrons. The fourth-order valence-electron chi connectivity index (χ4n) is 2.31. The zero-order valence-corrected chi connectivity index (χ0v) is 13.2. The maximum absolute atomic E-state index is 12.4. The Morgan fingerprint density at radius 2 is 2.33 bits per heavy atom. The summed E-state index contributed by atoms with van der Waals surface area (Å²) in [6, 6.07) is 4.84. The van der Waals surface area contributed by atoms with Crippen LogP contribution in [0.2, 0.25) is 0 Å². The fraction of sp³-hybridized carbons (Fsp3) is 0.571. The van der Waals surface area contributed by atoms with Crippen LogP contribution in [0.1, 0.15) is 18.9 Å². The van der Waals surface area contributed by atoms with Crippen molar-refractivity contribution >= 4 is 15.9 Å². The molecule has 2 unspecified atom stereocenters. The predicted octanol–water partition coefficient (Wildman–Crippen LogP) is 2.68. The van der Waals surface area contributed by atoms with E-state index >= 15 is 0 Å². The van der Waals surface area contributed by atoms with Crippen molar-refractivity contribution in [2.45, 2.75) is 38.2 Å². The minimum Gasteiger partial charge on any atom is -0.434 e. The van der Waals surface area contributed by atoms with E-state index in [1.807, 2.05) is 6.92 Å². The first-order chi connectivity index (χ1) is 9.90. The van der Waals surface area contributed by atoms with Gasteiger partial charge in [-0.3, -0.25) is 0 Å². The molecule has 0 amide bonds. The van der Waals surface area contributed by atoms with Gasteiger partial charge in [0.25, 0.3) is 0 Å². The summed E-state index contributed by atoms with van der Waals surface area (Å²) in [4.78, 5) is 0. The highest BCUT2D eigenvalue weighted by Crippen LogP contribution is 2.27. The molecule has 2 N–H and O–H groups in total. The van der Waals surface area contributed by atoms with Gasteiger partial charge in [-0.2, -0.15) is 8.78 Å². The number of nitrogens with one attached hydrogen (secondary N) is 1. The Morgan fingerprint density at radius 1 is 1.57 bits per heavy atom. The Kier molecular flexibility index (Phi) is 5.54. The Labute approximate surface area is 130 Å². The largest absolute Gasteiger partial charge is 0.434 e. The van der Waals surface area contributed by atoms with Crippen LogP contribution in [0.4, 0.5) is 8.78 Å². The van der Waals surface area contributed by atoms with E-state index < -0.39 is 12.2 Å². The summed E-state index contributed by atoms with van der Waals surface area (Å²) in [7, 11) is 0. The number of hydrogen-bond acceptors (Lipinski definition) is 4. The molecule has 1 aliphatic rings. The van der Waals surface area contributed by atoms with Gasteiger partial charge in [-0.05, 0) is 25.1 Å². The highest BCUT2D eigenvalue weighted by Gasteiger charge is 2.38. The van der Waals surface area contributed by atoms with Crippen molar-refractivity contribution < 1.29 is 23.4 Å². The van der Waals surface area contributed by atoms with E-state index in [4.69, 9.17) is 4.74 Å². The summed E-state index contributed by atoms with van der Waals surface area (Å²) in [6.45, 7) is 0.123. The Balaban J connectivity index is 1.97. The number of benzene rings is 1. The molecule has 1 aromatic carbocycles. The lowest BCUT2D eigenvalue weighted by Crippen LogP contribution is -2.45. The zero-order chi connectivity index (χ0) is 15.5. The van der Waals surface area contributed by atoms with E-state index in [0.717, 1.165) is 4.47 Å². The maximum atomic E-state index is 12.4. The van der Waals surface area contributed by atoms with Crippen molar-refractivity contribution in [1.82, 2.24) is 5.32 Å². The first kappa shape index (κ1) is 16.6. The van der Waals surface area contributed by atoms with Gasteiger partial charge in [0.05, 0.1) is 6.10 Å². The molecule has 0 bridgehead atoms. The molecule has 2 atom stereocenters. The summed E-state index contributed by atoms with van der Waals surface area (Å²) in [5.74, 6) is 0.128. The smallest absolute Gasteiger partial charge is 0.387 e. The van der Waals surface area contributed by atoms with Crippen LogP contribution in [0.3, 0.4) is 0 Å². The van der Waals surface area contributed by atoms with E-state index in [0.29, 0.717) is 31.7 Å². The summed E-state index contributed by atoms with van der Waals surface area (Å²) in [5, 5.41) is 13.4. The third-order valence-corrected chi connectivity index (χ3v) is 4.14. The van der Waals surface area contributed by atoms with Crippen molar-refractivity contribution in [3.8, 4) is 5.75 Å². The van der Waals surface area contributed by atoms with E-state index in [1.54, 1.807) is 12.1 Å². The van der Waals surface area contributed by atoms with Gasteiger partial charge in [-0.25, -0.2) is 0 Å². The van der Waals surface area contributed by atoms with E-state index in [2.05, 4.69) is 26.0 Å². The Bertz CT molecular complexity index is 489. The van der Waals surface area contributed by atoms with Crippen LogP contribution in [-0.4, -0.2) is 36.6 Å². The number of alkyl halides is 2. The standard InChI is InChI=1S/C14H18BrF2NO3/c1-9-14(19,4-5-20-9)8-18-7-10-6-11(15)2-3-12(10)21-13(16)17/h2-3,6,9,13,18-19H,4-5,7-8H2,1H3. The molecule has 0 saturated carbocycles. The number of rotatable bonds is 6. The minimum absolute atomic E-state index is 0.128. The number of aliphatic hydroxyl groups is 1. The molecule has 7 heteroatoms. The summed E-state index contributed by atoms with van der Waals surface area (Å²) in [6.07, 6.45) is 0.310. The molecule has 0 aliphatic carbocycles. The molecule has 1 fully saturated rings. The lowest BCUT2D eigenvalue weighted by atomic mass is 9.96. The van der Waals surface area contributed by atoms with E-state index in [1.165, 1.54) is 6.07 Å². The van der Waals surface area contributed by atoms with Gasteiger partial charge >= 0.3 is 6.61 Å². The first-order valence-electron chi connectivity index (χ1n) is 6.69. The predicted molar refractivity (Wildman–Crippen MR) is 77.5 cm³/mol. The molecule has 1 saturated heterocycles. The van der Waals surface area contributed by atoms with E-state index in [-0.39, 0.29) is 11.9 Å². The van der Waals surface area contributed by atoms with Crippen molar-refractivity contribution in [2.24, 2.45) is 0 Å². The minimum atomic E-state index is -2.86. The van der Waals surface area contributed by atoms with Crippen molar-refractivity contribution in [2.75, 3.05) is 13.2 Å². The van der Waals surface area contributed by atoms with Crippen molar-refractivity contribution in [1.29, 1.82) is 0 Å². The molecule has 0 aromatic heterocycles. The lowest BCUT2D eigenvalue weighted by molar-refractivity contribution is -0.0507.